The second-order valence-corrected chi connectivity index (χ2v) is 3.71. The summed E-state index contributed by atoms with van der Waals surface area (Å²) in [5.41, 5.74) is 6.22. The van der Waals surface area contributed by atoms with Gasteiger partial charge in [0.1, 0.15) is 0 Å². The molecule has 0 aliphatic carbocycles. The molecule has 72 valence electrons. The molecule has 0 aliphatic heterocycles. The molecule has 2 rings (SSSR count). The minimum absolute atomic E-state index is 0.688. The maximum atomic E-state index is 5.53. The van der Waals surface area contributed by atoms with Crippen LogP contribution in [0.2, 0.25) is 0 Å². The highest BCUT2D eigenvalue weighted by Gasteiger charge is 1.95. The molecule has 0 saturated heterocycles. The largest absolute Gasteiger partial charge is 0.397 e. The highest BCUT2D eigenvalue weighted by atomic mass is 32.2. The summed E-state index contributed by atoms with van der Waals surface area (Å²) in [6.45, 7) is 0. The van der Waals surface area contributed by atoms with Gasteiger partial charge in [0.25, 0.3) is 0 Å². The summed E-state index contributed by atoms with van der Waals surface area (Å²) in [4.78, 5) is 4.17. The average molecular weight is 206 g/mol. The minimum Gasteiger partial charge on any atom is -0.397 e. The van der Waals surface area contributed by atoms with E-state index in [0.29, 0.717) is 5.69 Å². The highest BCUT2D eigenvalue weighted by molar-refractivity contribution is 7.98. The van der Waals surface area contributed by atoms with Crippen LogP contribution in [-0.4, -0.2) is 14.8 Å². The molecule has 2 aromatic heterocycles. The summed E-state index contributed by atoms with van der Waals surface area (Å²) in [6, 6.07) is 5.65. The summed E-state index contributed by atoms with van der Waals surface area (Å²) in [5.74, 6) is 0.768. The molecule has 14 heavy (non-hydrogen) atoms. The maximum Gasteiger partial charge on any atom is 0.0979 e. The van der Waals surface area contributed by atoms with Crippen LogP contribution in [0.3, 0.4) is 0 Å². The number of thioether (sulfide) groups is 1. The van der Waals surface area contributed by atoms with Gasteiger partial charge in [-0.15, -0.1) is 0 Å². The first-order valence-corrected chi connectivity index (χ1v) is 5.15. The number of nitrogens with two attached hydrogens (primary N) is 1. The van der Waals surface area contributed by atoms with E-state index in [0.717, 1.165) is 10.9 Å². The lowest BCUT2D eigenvalue weighted by molar-refractivity contribution is 0.749. The van der Waals surface area contributed by atoms with Crippen LogP contribution in [-0.2, 0) is 5.88 Å². The van der Waals surface area contributed by atoms with Gasteiger partial charge in [0.2, 0.25) is 0 Å². The molecular formula is C9H10N4S. The fraction of sp³-hybridized carbons (Fsp3) is 0.111. The molecule has 0 radical (unpaired) electrons. The molecule has 2 aromatic rings. The number of aromatic nitrogens is 3. The van der Waals surface area contributed by atoms with Crippen molar-refractivity contribution in [1.29, 1.82) is 0 Å². The third kappa shape index (κ3) is 2.26. The van der Waals surface area contributed by atoms with E-state index in [2.05, 4.69) is 10.1 Å². The van der Waals surface area contributed by atoms with Crippen molar-refractivity contribution in [3.8, 4) is 0 Å². The molecule has 0 aliphatic rings. The predicted octanol–water partition coefficient (Wildman–Crippen LogP) is 1.61. The van der Waals surface area contributed by atoms with Crippen LogP contribution in [0.15, 0.2) is 41.8 Å². The Morgan fingerprint density at radius 3 is 3.00 bits per heavy atom. The van der Waals surface area contributed by atoms with Crippen molar-refractivity contribution in [2.75, 3.05) is 5.73 Å². The third-order valence-electron chi connectivity index (χ3n) is 1.66. The number of rotatable bonds is 3. The van der Waals surface area contributed by atoms with Gasteiger partial charge in [-0.1, -0.05) is 11.8 Å². The van der Waals surface area contributed by atoms with Crippen LogP contribution in [0, 0.1) is 0 Å². The first kappa shape index (κ1) is 9.08. The summed E-state index contributed by atoms with van der Waals surface area (Å²) < 4.78 is 1.85. The summed E-state index contributed by atoms with van der Waals surface area (Å²) in [7, 11) is 0. The lowest BCUT2D eigenvalue weighted by Gasteiger charge is -2.00. The van der Waals surface area contributed by atoms with Gasteiger partial charge >= 0.3 is 0 Å². The lowest BCUT2D eigenvalue weighted by atomic mass is 10.4. The molecule has 0 aromatic carbocycles. The molecule has 5 heteroatoms. The Balaban J connectivity index is 1.95. The second-order valence-electron chi connectivity index (χ2n) is 2.75. The van der Waals surface area contributed by atoms with Crippen molar-refractivity contribution in [3.05, 3.63) is 36.8 Å². The topological polar surface area (TPSA) is 56.7 Å². The Morgan fingerprint density at radius 1 is 1.43 bits per heavy atom. The van der Waals surface area contributed by atoms with Gasteiger partial charge in [-0.25, -0.2) is 4.98 Å². The summed E-state index contributed by atoms with van der Waals surface area (Å²) in [5, 5.41) is 5.05. The van der Waals surface area contributed by atoms with Gasteiger partial charge in [-0.3, -0.25) is 4.68 Å². The average Bonchev–Trinajstić information content (AvgIpc) is 2.70. The number of pyridine rings is 1. The zero-order valence-corrected chi connectivity index (χ0v) is 8.31. The van der Waals surface area contributed by atoms with Crippen LogP contribution >= 0.6 is 11.8 Å². The maximum absolute atomic E-state index is 5.53. The van der Waals surface area contributed by atoms with E-state index < -0.39 is 0 Å². The molecule has 0 bridgehead atoms. The molecule has 0 spiro atoms. The number of hydrogen-bond acceptors (Lipinski definition) is 4. The van der Waals surface area contributed by atoms with Crippen LogP contribution in [0.25, 0.3) is 0 Å². The minimum atomic E-state index is 0.688. The van der Waals surface area contributed by atoms with Gasteiger partial charge in [0.05, 0.1) is 22.8 Å². The molecule has 4 nitrogen and oxygen atoms in total. The molecular weight excluding hydrogens is 196 g/mol. The Hall–Kier alpha value is -1.49. The van der Waals surface area contributed by atoms with Gasteiger partial charge < -0.3 is 5.73 Å². The number of nitrogen functional groups attached to an aromatic ring is 1. The van der Waals surface area contributed by atoms with E-state index in [1.807, 2.05) is 29.1 Å². The van der Waals surface area contributed by atoms with Crippen molar-refractivity contribution in [1.82, 2.24) is 14.8 Å². The zero-order chi connectivity index (χ0) is 9.80. The molecule has 0 amide bonds. The Kier molecular flexibility index (Phi) is 2.69. The number of hydrogen-bond donors (Lipinski definition) is 1. The Labute approximate surface area is 86.1 Å². The monoisotopic (exact) mass is 206 g/mol. The first-order chi connectivity index (χ1) is 6.84. The van der Waals surface area contributed by atoms with Crippen LogP contribution in [0.4, 0.5) is 5.69 Å². The van der Waals surface area contributed by atoms with E-state index in [4.69, 9.17) is 5.73 Å². The molecule has 2 N–H and O–H groups in total. The standard InChI is InChI=1S/C9H10N4S/c10-8-2-3-9(11-6-8)14-7-13-5-1-4-12-13/h1-6H,7,10H2. The molecule has 0 unspecified atom stereocenters. The second kappa shape index (κ2) is 4.15. The lowest BCUT2D eigenvalue weighted by Crippen LogP contribution is -1.94. The van der Waals surface area contributed by atoms with E-state index in [1.54, 1.807) is 24.2 Å². The van der Waals surface area contributed by atoms with Crippen molar-refractivity contribution >= 4 is 17.4 Å². The van der Waals surface area contributed by atoms with Crippen molar-refractivity contribution in [2.45, 2.75) is 10.9 Å². The van der Waals surface area contributed by atoms with Crippen LogP contribution in [0.1, 0.15) is 0 Å². The fourth-order valence-electron chi connectivity index (χ4n) is 0.986. The predicted molar refractivity (Wildman–Crippen MR) is 56.7 cm³/mol. The summed E-state index contributed by atoms with van der Waals surface area (Å²) in [6.07, 6.45) is 5.34. The highest BCUT2D eigenvalue weighted by Crippen LogP contribution is 2.17. The summed E-state index contributed by atoms with van der Waals surface area (Å²) >= 11 is 1.62. The van der Waals surface area contributed by atoms with E-state index in [1.165, 1.54) is 0 Å². The van der Waals surface area contributed by atoms with Gasteiger partial charge in [-0.2, -0.15) is 5.10 Å². The first-order valence-electron chi connectivity index (χ1n) is 4.16. The van der Waals surface area contributed by atoms with E-state index >= 15 is 0 Å². The van der Waals surface area contributed by atoms with Crippen LogP contribution < -0.4 is 5.73 Å². The number of anilines is 1. The smallest absolute Gasteiger partial charge is 0.0979 e. The SMILES string of the molecule is Nc1ccc(SCn2cccn2)nc1. The van der Waals surface area contributed by atoms with Gasteiger partial charge in [0, 0.05) is 12.4 Å². The van der Waals surface area contributed by atoms with Crippen molar-refractivity contribution in [3.63, 3.8) is 0 Å². The Bertz CT molecular complexity index is 382. The fourth-order valence-corrected chi connectivity index (χ4v) is 1.69. The van der Waals surface area contributed by atoms with Gasteiger partial charge in [-0.05, 0) is 18.2 Å². The third-order valence-corrected chi connectivity index (χ3v) is 2.59. The normalized spacial score (nSPS) is 10.3. The molecule has 0 saturated carbocycles. The van der Waals surface area contributed by atoms with Crippen molar-refractivity contribution < 1.29 is 0 Å². The molecule has 0 fully saturated rings. The quantitative estimate of drug-likeness (QED) is 0.775. The van der Waals surface area contributed by atoms with Crippen molar-refractivity contribution in [2.24, 2.45) is 0 Å². The zero-order valence-electron chi connectivity index (χ0n) is 7.50. The molecule has 0 atom stereocenters. The van der Waals surface area contributed by atoms with Gasteiger partial charge in [0.15, 0.2) is 0 Å². The number of nitrogens with zero attached hydrogens (tertiary/aromatic N) is 3. The van der Waals surface area contributed by atoms with E-state index in [-0.39, 0.29) is 0 Å². The van der Waals surface area contributed by atoms with E-state index in [9.17, 15) is 0 Å². The van der Waals surface area contributed by atoms with Crippen LogP contribution in [0.5, 0.6) is 0 Å². The Morgan fingerprint density at radius 2 is 2.36 bits per heavy atom. The molecule has 2 heterocycles.